The number of amides is 1. The maximum absolute atomic E-state index is 11.5. The molecule has 0 aliphatic carbocycles. The quantitative estimate of drug-likeness (QED) is 0.678. The summed E-state index contributed by atoms with van der Waals surface area (Å²) in [4.78, 5) is 22.1. The van der Waals surface area contributed by atoms with Crippen molar-refractivity contribution in [3.63, 3.8) is 0 Å². The molecule has 1 amide bonds. The lowest BCUT2D eigenvalue weighted by Gasteiger charge is -2.11. The average molecular weight is 237 g/mol. The van der Waals surface area contributed by atoms with Crippen LogP contribution >= 0.6 is 0 Å². The second kappa shape index (κ2) is 6.00. The summed E-state index contributed by atoms with van der Waals surface area (Å²) in [5, 5.41) is 19.6. The van der Waals surface area contributed by atoms with Crippen LogP contribution in [0, 0.1) is 6.92 Å². The lowest BCUT2D eigenvalue weighted by Crippen LogP contribution is -2.43. The summed E-state index contributed by atoms with van der Waals surface area (Å²) >= 11 is 0. The minimum atomic E-state index is -1.25. The van der Waals surface area contributed by atoms with Gasteiger partial charge in [-0.15, -0.1) is 0 Å². The molecule has 1 rings (SSSR count). The van der Waals surface area contributed by atoms with Gasteiger partial charge in [-0.1, -0.05) is 29.8 Å². The van der Waals surface area contributed by atoms with Gasteiger partial charge in [0.1, 0.15) is 6.04 Å². The molecule has 0 heterocycles. The van der Waals surface area contributed by atoms with E-state index in [9.17, 15) is 9.59 Å². The van der Waals surface area contributed by atoms with Gasteiger partial charge in [0.05, 0.1) is 13.0 Å². The number of benzene rings is 1. The molecule has 1 aromatic carbocycles. The summed E-state index contributed by atoms with van der Waals surface area (Å²) in [7, 11) is 0. The molecule has 0 aliphatic rings. The molecule has 0 bridgehead atoms. The van der Waals surface area contributed by atoms with Crippen molar-refractivity contribution in [3.05, 3.63) is 35.4 Å². The Labute approximate surface area is 99.1 Å². The Kier molecular flexibility index (Phi) is 4.66. The standard InChI is InChI=1S/C12H15NO4/c1-8-2-4-9(5-3-8)6-11(15)13-10(7-14)12(16)17/h2-5,10,14H,6-7H2,1H3,(H,13,15)(H,16,17). The van der Waals surface area contributed by atoms with Crippen LogP contribution in [0.25, 0.3) is 0 Å². The highest BCUT2D eigenvalue weighted by Gasteiger charge is 2.18. The highest BCUT2D eigenvalue weighted by atomic mass is 16.4. The highest BCUT2D eigenvalue weighted by molar-refractivity contribution is 5.84. The summed E-state index contributed by atoms with van der Waals surface area (Å²) in [6.45, 7) is 1.32. The number of hydrogen-bond acceptors (Lipinski definition) is 3. The Balaban J connectivity index is 2.54. The largest absolute Gasteiger partial charge is 0.480 e. The van der Waals surface area contributed by atoms with E-state index in [1.54, 1.807) is 0 Å². The van der Waals surface area contributed by atoms with Crippen molar-refractivity contribution in [2.45, 2.75) is 19.4 Å². The molecular formula is C12H15NO4. The molecule has 0 spiro atoms. The predicted octanol–water partition coefficient (Wildman–Crippen LogP) is 0.0992. The van der Waals surface area contributed by atoms with Crippen molar-refractivity contribution in [2.75, 3.05) is 6.61 Å². The topological polar surface area (TPSA) is 86.6 Å². The molecule has 92 valence electrons. The normalized spacial score (nSPS) is 11.9. The number of carboxylic acids is 1. The average Bonchev–Trinajstić information content (AvgIpc) is 2.28. The van der Waals surface area contributed by atoms with Crippen molar-refractivity contribution >= 4 is 11.9 Å². The number of carbonyl (C=O) groups is 2. The van der Waals surface area contributed by atoms with Crippen LogP contribution in [-0.2, 0) is 16.0 Å². The summed E-state index contributed by atoms with van der Waals surface area (Å²) in [5.74, 6) is -1.67. The Hall–Kier alpha value is -1.88. The van der Waals surface area contributed by atoms with E-state index in [2.05, 4.69) is 5.32 Å². The Morgan fingerprint density at radius 1 is 1.29 bits per heavy atom. The first-order chi connectivity index (χ1) is 8.02. The predicted molar refractivity (Wildman–Crippen MR) is 61.5 cm³/mol. The number of hydrogen-bond donors (Lipinski definition) is 3. The zero-order valence-electron chi connectivity index (χ0n) is 9.51. The van der Waals surface area contributed by atoms with Crippen molar-refractivity contribution in [2.24, 2.45) is 0 Å². The number of aryl methyl sites for hydroxylation is 1. The van der Waals surface area contributed by atoms with Crippen LogP contribution in [0.4, 0.5) is 0 Å². The number of rotatable bonds is 5. The fraction of sp³-hybridized carbons (Fsp3) is 0.333. The number of aliphatic hydroxyl groups is 1. The van der Waals surface area contributed by atoms with Gasteiger partial charge in [0.15, 0.2) is 0 Å². The zero-order chi connectivity index (χ0) is 12.8. The first-order valence-corrected chi connectivity index (χ1v) is 5.21. The molecule has 5 nitrogen and oxygen atoms in total. The zero-order valence-corrected chi connectivity index (χ0v) is 9.51. The van der Waals surface area contributed by atoms with Crippen LogP contribution in [0.5, 0.6) is 0 Å². The summed E-state index contributed by atoms with van der Waals surface area (Å²) in [6.07, 6.45) is 0.101. The monoisotopic (exact) mass is 237 g/mol. The van der Waals surface area contributed by atoms with Gasteiger partial charge in [-0.3, -0.25) is 4.79 Å². The molecule has 1 unspecified atom stereocenters. The summed E-state index contributed by atoms with van der Waals surface area (Å²) in [6, 6.07) is 6.13. The van der Waals surface area contributed by atoms with E-state index >= 15 is 0 Å². The molecule has 0 aliphatic heterocycles. The summed E-state index contributed by atoms with van der Waals surface area (Å²) in [5.41, 5.74) is 1.89. The van der Waals surface area contributed by atoms with Crippen LogP contribution in [0.1, 0.15) is 11.1 Å². The molecule has 0 radical (unpaired) electrons. The number of nitrogens with one attached hydrogen (secondary N) is 1. The molecule has 1 aromatic rings. The van der Waals surface area contributed by atoms with E-state index < -0.39 is 24.5 Å². The lowest BCUT2D eigenvalue weighted by molar-refractivity contribution is -0.142. The number of carboxylic acid groups (broad SMARTS) is 1. The molecule has 17 heavy (non-hydrogen) atoms. The van der Waals surface area contributed by atoms with E-state index in [0.717, 1.165) is 11.1 Å². The molecule has 0 fully saturated rings. The maximum atomic E-state index is 11.5. The van der Waals surface area contributed by atoms with Gasteiger partial charge in [0.2, 0.25) is 5.91 Å². The smallest absolute Gasteiger partial charge is 0.328 e. The van der Waals surface area contributed by atoms with Crippen molar-refractivity contribution in [3.8, 4) is 0 Å². The maximum Gasteiger partial charge on any atom is 0.328 e. The van der Waals surface area contributed by atoms with Gasteiger partial charge in [-0.05, 0) is 12.5 Å². The van der Waals surface area contributed by atoms with E-state index in [1.807, 2.05) is 31.2 Å². The third kappa shape index (κ3) is 4.24. The fourth-order valence-electron chi connectivity index (χ4n) is 1.32. The van der Waals surface area contributed by atoms with E-state index in [-0.39, 0.29) is 6.42 Å². The minimum Gasteiger partial charge on any atom is -0.480 e. The Bertz CT molecular complexity index is 399. The van der Waals surface area contributed by atoms with Crippen molar-refractivity contribution in [1.82, 2.24) is 5.32 Å². The van der Waals surface area contributed by atoms with Gasteiger partial charge < -0.3 is 15.5 Å². The van der Waals surface area contributed by atoms with E-state index in [4.69, 9.17) is 10.2 Å². The first-order valence-electron chi connectivity index (χ1n) is 5.21. The number of aliphatic carboxylic acids is 1. The van der Waals surface area contributed by atoms with Crippen LogP contribution in [0.15, 0.2) is 24.3 Å². The third-order valence-corrected chi connectivity index (χ3v) is 2.30. The second-order valence-corrected chi connectivity index (χ2v) is 3.80. The Morgan fingerprint density at radius 2 is 1.88 bits per heavy atom. The molecular weight excluding hydrogens is 222 g/mol. The number of aliphatic hydroxyl groups excluding tert-OH is 1. The van der Waals surface area contributed by atoms with Gasteiger partial charge in [-0.25, -0.2) is 4.79 Å². The highest BCUT2D eigenvalue weighted by Crippen LogP contribution is 2.03. The molecule has 0 saturated carbocycles. The number of carbonyl (C=O) groups excluding carboxylic acids is 1. The van der Waals surface area contributed by atoms with Crippen LogP contribution < -0.4 is 5.32 Å². The van der Waals surface area contributed by atoms with Gasteiger partial charge in [-0.2, -0.15) is 0 Å². The Morgan fingerprint density at radius 3 is 2.35 bits per heavy atom. The summed E-state index contributed by atoms with van der Waals surface area (Å²) < 4.78 is 0. The lowest BCUT2D eigenvalue weighted by atomic mass is 10.1. The SMILES string of the molecule is Cc1ccc(CC(=O)NC(CO)C(=O)O)cc1. The second-order valence-electron chi connectivity index (χ2n) is 3.80. The molecule has 0 saturated heterocycles. The van der Waals surface area contributed by atoms with Gasteiger partial charge >= 0.3 is 5.97 Å². The molecule has 0 aromatic heterocycles. The van der Waals surface area contributed by atoms with Crippen LogP contribution in [-0.4, -0.2) is 34.7 Å². The van der Waals surface area contributed by atoms with E-state index in [0.29, 0.717) is 0 Å². The van der Waals surface area contributed by atoms with Gasteiger partial charge in [0.25, 0.3) is 0 Å². The van der Waals surface area contributed by atoms with Crippen LogP contribution in [0.2, 0.25) is 0 Å². The molecule has 3 N–H and O–H groups in total. The van der Waals surface area contributed by atoms with Crippen molar-refractivity contribution in [1.29, 1.82) is 0 Å². The molecule has 1 atom stereocenters. The fourth-order valence-corrected chi connectivity index (χ4v) is 1.32. The van der Waals surface area contributed by atoms with Gasteiger partial charge in [0, 0.05) is 0 Å². The van der Waals surface area contributed by atoms with E-state index in [1.165, 1.54) is 0 Å². The minimum absolute atomic E-state index is 0.101. The first kappa shape index (κ1) is 13.2. The van der Waals surface area contributed by atoms with Crippen molar-refractivity contribution < 1.29 is 19.8 Å². The molecule has 5 heteroatoms. The van der Waals surface area contributed by atoms with Crippen LogP contribution in [0.3, 0.4) is 0 Å². The third-order valence-electron chi connectivity index (χ3n) is 2.30.